The zero-order chi connectivity index (χ0) is 12.6. The van der Waals surface area contributed by atoms with Gasteiger partial charge in [0.15, 0.2) is 0 Å². The number of carbonyl (C=O) groups excluding carboxylic acids is 1. The summed E-state index contributed by atoms with van der Waals surface area (Å²) in [6.07, 6.45) is 3.71. The average Bonchev–Trinajstić information content (AvgIpc) is 2.33. The number of benzene rings is 1. The second-order valence-electron chi connectivity index (χ2n) is 4.07. The number of halogens is 1. The van der Waals surface area contributed by atoms with Gasteiger partial charge in [0.25, 0.3) is 5.78 Å². The Hall–Kier alpha value is -1.36. The monoisotopic (exact) mass is 298 g/mol. The molecule has 5 heteroatoms. The highest BCUT2D eigenvalue weighted by atomic mass is 79.9. The number of fused-ring (bicyclic) bond motifs is 1. The van der Waals surface area contributed by atoms with Gasteiger partial charge in [-0.1, -0.05) is 0 Å². The Morgan fingerprint density at radius 2 is 1.88 bits per heavy atom. The molecule has 0 spiro atoms. The van der Waals surface area contributed by atoms with Crippen LogP contribution in [0.3, 0.4) is 0 Å². The molecule has 0 fully saturated rings. The minimum absolute atomic E-state index is 0.134. The van der Waals surface area contributed by atoms with Crippen molar-refractivity contribution in [1.29, 1.82) is 0 Å². The largest absolute Gasteiger partial charge is 0.506 e. The maximum atomic E-state index is 11.4. The number of Topliss-reactive ketones (excluding diaryl/α,β-unsaturated/α-hetero) is 1. The lowest BCUT2D eigenvalue weighted by Gasteiger charge is -2.19. The molecule has 0 amide bonds. The van der Waals surface area contributed by atoms with E-state index in [4.69, 9.17) is 5.11 Å². The SMILES string of the molecule is O=C(O)C(=O)c1cc2c(c(Br)c1O)CCCC2. The zero-order valence-electron chi connectivity index (χ0n) is 8.99. The Bertz CT molecular complexity index is 508. The van der Waals surface area contributed by atoms with Crippen LogP contribution in [0.1, 0.15) is 34.3 Å². The highest BCUT2D eigenvalue weighted by Crippen LogP contribution is 2.37. The van der Waals surface area contributed by atoms with Gasteiger partial charge < -0.3 is 10.2 Å². The van der Waals surface area contributed by atoms with Crippen molar-refractivity contribution in [3.63, 3.8) is 0 Å². The number of aliphatic carboxylic acids is 1. The molecule has 0 saturated heterocycles. The van der Waals surface area contributed by atoms with Gasteiger partial charge in [0.2, 0.25) is 0 Å². The molecule has 0 aromatic heterocycles. The van der Waals surface area contributed by atoms with Crippen molar-refractivity contribution in [2.45, 2.75) is 25.7 Å². The van der Waals surface area contributed by atoms with E-state index in [1.807, 2.05) is 0 Å². The summed E-state index contributed by atoms with van der Waals surface area (Å²) >= 11 is 3.24. The van der Waals surface area contributed by atoms with Gasteiger partial charge in [-0.25, -0.2) is 4.79 Å². The van der Waals surface area contributed by atoms with Crippen LogP contribution in [-0.4, -0.2) is 22.0 Å². The third-order valence-corrected chi connectivity index (χ3v) is 3.85. The molecule has 1 aliphatic carbocycles. The Labute approximate surface area is 106 Å². The molecule has 0 bridgehead atoms. The topological polar surface area (TPSA) is 74.6 Å². The fraction of sp³-hybridized carbons (Fsp3) is 0.333. The number of ketones is 1. The van der Waals surface area contributed by atoms with Gasteiger partial charge >= 0.3 is 5.97 Å². The standard InChI is InChI=1S/C12H11BrO4/c13-9-7-4-2-1-3-6(7)5-8(10(9)14)11(15)12(16)17/h5,14H,1-4H2,(H,16,17). The number of rotatable bonds is 2. The first-order valence-corrected chi connectivity index (χ1v) is 6.12. The number of phenols is 1. The van der Waals surface area contributed by atoms with Crippen molar-refractivity contribution in [2.75, 3.05) is 0 Å². The minimum Gasteiger partial charge on any atom is -0.506 e. The van der Waals surface area contributed by atoms with Crippen molar-refractivity contribution < 1.29 is 19.8 Å². The molecule has 4 nitrogen and oxygen atoms in total. The Balaban J connectivity index is 2.59. The number of hydrogen-bond acceptors (Lipinski definition) is 3. The van der Waals surface area contributed by atoms with Crippen LogP contribution >= 0.6 is 15.9 Å². The normalized spacial score (nSPS) is 14.2. The molecular formula is C12H11BrO4. The summed E-state index contributed by atoms with van der Waals surface area (Å²) in [5.41, 5.74) is 1.80. The van der Waals surface area contributed by atoms with E-state index < -0.39 is 11.8 Å². The van der Waals surface area contributed by atoms with Gasteiger partial charge in [0.05, 0.1) is 10.0 Å². The summed E-state index contributed by atoms with van der Waals surface area (Å²) in [5.74, 6) is -2.89. The van der Waals surface area contributed by atoms with E-state index in [0.717, 1.165) is 36.8 Å². The van der Waals surface area contributed by atoms with Gasteiger partial charge in [-0.05, 0) is 58.8 Å². The summed E-state index contributed by atoms with van der Waals surface area (Å²) in [7, 11) is 0. The van der Waals surface area contributed by atoms with Gasteiger partial charge in [-0.3, -0.25) is 4.79 Å². The van der Waals surface area contributed by atoms with E-state index in [1.165, 1.54) is 6.07 Å². The lowest BCUT2D eigenvalue weighted by Crippen LogP contribution is -2.15. The van der Waals surface area contributed by atoms with Crippen molar-refractivity contribution in [3.05, 3.63) is 27.2 Å². The maximum Gasteiger partial charge on any atom is 0.377 e. The van der Waals surface area contributed by atoms with E-state index in [1.54, 1.807) is 0 Å². The Morgan fingerprint density at radius 1 is 1.24 bits per heavy atom. The van der Waals surface area contributed by atoms with Crippen LogP contribution in [0, 0.1) is 0 Å². The molecule has 0 atom stereocenters. The number of carbonyl (C=O) groups is 2. The third-order valence-electron chi connectivity index (χ3n) is 3.00. The number of aryl methyl sites for hydroxylation is 1. The fourth-order valence-electron chi connectivity index (χ4n) is 2.13. The van der Waals surface area contributed by atoms with Crippen molar-refractivity contribution >= 4 is 27.7 Å². The molecule has 1 aromatic rings. The summed E-state index contributed by atoms with van der Waals surface area (Å²) in [6, 6.07) is 1.50. The van der Waals surface area contributed by atoms with Gasteiger partial charge in [-0.15, -0.1) is 0 Å². The first kappa shape index (κ1) is 12.1. The smallest absolute Gasteiger partial charge is 0.377 e. The van der Waals surface area contributed by atoms with Crippen molar-refractivity contribution in [1.82, 2.24) is 0 Å². The zero-order valence-corrected chi connectivity index (χ0v) is 10.6. The summed E-state index contributed by atoms with van der Waals surface area (Å²) in [6.45, 7) is 0. The first-order chi connectivity index (χ1) is 8.02. The van der Waals surface area contributed by atoms with Gasteiger partial charge in [0, 0.05) is 0 Å². The van der Waals surface area contributed by atoms with Crippen LogP contribution in [-0.2, 0) is 17.6 Å². The summed E-state index contributed by atoms with van der Waals surface area (Å²) < 4.78 is 0.458. The predicted octanol–water partition coefficient (Wildman–Crippen LogP) is 2.30. The van der Waals surface area contributed by atoms with Crippen molar-refractivity contribution in [3.8, 4) is 5.75 Å². The van der Waals surface area contributed by atoms with Crippen molar-refractivity contribution in [2.24, 2.45) is 0 Å². The lowest BCUT2D eigenvalue weighted by atomic mass is 9.89. The highest BCUT2D eigenvalue weighted by Gasteiger charge is 2.25. The van der Waals surface area contributed by atoms with E-state index in [0.29, 0.717) is 4.47 Å². The van der Waals surface area contributed by atoms with E-state index in [-0.39, 0.29) is 11.3 Å². The summed E-state index contributed by atoms with van der Waals surface area (Å²) in [4.78, 5) is 22.1. The summed E-state index contributed by atoms with van der Waals surface area (Å²) in [5, 5.41) is 18.5. The third kappa shape index (κ3) is 2.07. The van der Waals surface area contributed by atoms with E-state index in [2.05, 4.69) is 15.9 Å². The van der Waals surface area contributed by atoms with Crippen LogP contribution in [0.4, 0.5) is 0 Å². The molecule has 1 aromatic carbocycles. The van der Waals surface area contributed by atoms with Crippen LogP contribution in [0.25, 0.3) is 0 Å². The molecule has 0 unspecified atom stereocenters. The number of phenolic OH excluding ortho intramolecular Hbond substituents is 1. The van der Waals surface area contributed by atoms with Crippen LogP contribution < -0.4 is 0 Å². The van der Waals surface area contributed by atoms with Crippen LogP contribution in [0.5, 0.6) is 5.75 Å². The minimum atomic E-state index is -1.55. The van der Waals surface area contributed by atoms with Gasteiger partial charge in [0.1, 0.15) is 5.75 Å². The Morgan fingerprint density at radius 3 is 2.53 bits per heavy atom. The Kier molecular flexibility index (Phi) is 3.19. The predicted molar refractivity (Wildman–Crippen MR) is 64.4 cm³/mol. The molecular weight excluding hydrogens is 288 g/mol. The maximum absolute atomic E-state index is 11.4. The van der Waals surface area contributed by atoms with E-state index >= 15 is 0 Å². The first-order valence-electron chi connectivity index (χ1n) is 5.33. The molecule has 2 N–H and O–H groups in total. The average molecular weight is 299 g/mol. The number of aromatic hydroxyl groups is 1. The quantitative estimate of drug-likeness (QED) is 0.649. The molecule has 0 saturated carbocycles. The van der Waals surface area contributed by atoms with E-state index in [9.17, 15) is 14.7 Å². The molecule has 0 radical (unpaired) electrons. The molecule has 0 heterocycles. The molecule has 2 rings (SSSR count). The molecule has 1 aliphatic rings. The highest BCUT2D eigenvalue weighted by molar-refractivity contribution is 9.10. The molecule has 17 heavy (non-hydrogen) atoms. The fourth-order valence-corrected chi connectivity index (χ4v) is 2.80. The number of carboxylic acid groups (broad SMARTS) is 1. The lowest BCUT2D eigenvalue weighted by molar-refractivity contribution is -0.131. The number of hydrogen-bond donors (Lipinski definition) is 2. The van der Waals surface area contributed by atoms with Gasteiger partial charge in [-0.2, -0.15) is 0 Å². The number of carboxylic acids is 1. The molecule has 0 aliphatic heterocycles. The van der Waals surface area contributed by atoms with Crippen LogP contribution in [0.2, 0.25) is 0 Å². The second-order valence-corrected chi connectivity index (χ2v) is 4.86. The molecule has 90 valence electrons. The second kappa shape index (κ2) is 4.49. The van der Waals surface area contributed by atoms with Crippen LogP contribution in [0.15, 0.2) is 10.5 Å².